The predicted molar refractivity (Wildman–Crippen MR) is 73.5 cm³/mol. The van der Waals surface area contributed by atoms with E-state index >= 15 is 0 Å². The largest absolute Gasteiger partial charge is 0.493 e. The number of carbonyl (C=O) groups is 1. The lowest BCUT2D eigenvalue weighted by atomic mass is 9.98. The predicted octanol–water partition coefficient (Wildman–Crippen LogP) is 2.47. The maximum Gasteiger partial charge on any atom is 0.253 e. The number of rotatable bonds is 4. The molecule has 0 atom stereocenters. The first-order chi connectivity index (χ1) is 9.19. The van der Waals surface area contributed by atoms with Gasteiger partial charge in [0.2, 0.25) is 0 Å². The van der Waals surface area contributed by atoms with Gasteiger partial charge in [-0.05, 0) is 23.3 Å². The highest BCUT2D eigenvalue weighted by Gasteiger charge is 2.20. The van der Waals surface area contributed by atoms with Gasteiger partial charge in [-0.1, -0.05) is 30.3 Å². The van der Waals surface area contributed by atoms with Crippen LogP contribution < -0.4 is 15.2 Å². The molecule has 0 radical (unpaired) electrons. The number of ether oxygens (including phenoxy) is 2. The van der Waals surface area contributed by atoms with Gasteiger partial charge in [0.05, 0.1) is 19.8 Å². The van der Waals surface area contributed by atoms with E-state index in [1.165, 1.54) is 14.2 Å². The number of amides is 1. The van der Waals surface area contributed by atoms with E-state index in [4.69, 9.17) is 15.2 Å². The molecule has 2 aromatic rings. The lowest BCUT2D eigenvalue weighted by molar-refractivity contribution is 0.0997. The van der Waals surface area contributed by atoms with E-state index in [-0.39, 0.29) is 0 Å². The van der Waals surface area contributed by atoms with Crippen LogP contribution in [0.15, 0.2) is 42.5 Å². The third kappa shape index (κ3) is 2.38. The summed E-state index contributed by atoms with van der Waals surface area (Å²) in [4.78, 5) is 11.7. The minimum Gasteiger partial charge on any atom is -0.493 e. The number of benzene rings is 2. The molecule has 0 aliphatic carbocycles. The minimum absolute atomic E-state index is 0.327. The molecule has 0 fully saturated rings. The zero-order chi connectivity index (χ0) is 13.8. The monoisotopic (exact) mass is 257 g/mol. The highest BCUT2D eigenvalue weighted by atomic mass is 16.5. The van der Waals surface area contributed by atoms with Crippen LogP contribution in [0.3, 0.4) is 0 Å². The number of carbonyl (C=O) groups excluding carboxylic acids is 1. The van der Waals surface area contributed by atoms with Crippen LogP contribution in [0, 0.1) is 0 Å². The van der Waals surface area contributed by atoms with Crippen molar-refractivity contribution in [2.24, 2.45) is 5.73 Å². The van der Waals surface area contributed by atoms with Crippen molar-refractivity contribution in [2.45, 2.75) is 0 Å². The molecule has 0 aliphatic heterocycles. The molecule has 0 heterocycles. The number of nitrogens with two attached hydrogens (primary N) is 1. The average Bonchev–Trinajstić information content (AvgIpc) is 2.46. The quantitative estimate of drug-likeness (QED) is 0.915. The van der Waals surface area contributed by atoms with E-state index in [2.05, 4.69) is 0 Å². The van der Waals surface area contributed by atoms with E-state index < -0.39 is 5.91 Å². The topological polar surface area (TPSA) is 61.5 Å². The molecular formula is C15H15NO3. The van der Waals surface area contributed by atoms with Crippen molar-refractivity contribution in [2.75, 3.05) is 14.2 Å². The Labute approximate surface area is 111 Å². The summed E-state index contributed by atoms with van der Waals surface area (Å²) in [5.74, 6) is 0.293. The van der Waals surface area contributed by atoms with Crippen molar-refractivity contribution >= 4 is 5.91 Å². The molecule has 2 N–H and O–H groups in total. The van der Waals surface area contributed by atoms with Crippen molar-refractivity contribution in [3.63, 3.8) is 0 Å². The van der Waals surface area contributed by atoms with Gasteiger partial charge in [-0.25, -0.2) is 0 Å². The van der Waals surface area contributed by atoms with Crippen molar-refractivity contribution in [3.05, 3.63) is 48.0 Å². The number of methoxy groups -OCH3 is 2. The highest BCUT2D eigenvalue weighted by molar-refractivity contribution is 6.03. The van der Waals surface area contributed by atoms with Crippen molar-refractivity contribution in [1.82, 2.24) is 0 Å². The number of hydrogen-bond acceptors (Lipinski definition) is 3. The summed E-state index contributed by atoms with van der Waals surface area (Å²) in [5.41, 5.74) is 7.43. The third-order valence-electron chi connectivity index (χ3n) is 2.88. The van der Waals surface area contributed by atoms with Crippen LogP contribution in [-0.2, 0) is 0 Å². The first-order valence-corrected chi connectivity index (χ1v) is 5.79. The summed E-state index contributed by atoms with van der Waals surface area (Å²) >= 11 is 0. The Morgan fingerprint density at radius 1 is 1.00 bits per heavy atom. The van der Waals surface area contributed by atoms with Gasteiger partial charge < -0.3 is 15.2 Å². The van der Waals surface area contributed by atoms with Gasteiger partial charge in [-0.15, -0.1) is 0 Å². The minimum atomic E-state index is -0.547. The van der Waals surface area contributed by atoms with Gasteiger partial charge in [-0.3, -0.25) is 4.79 Å². The fraction of sp³-hybridized carbons (Fsp3) is 0.133. The summed E-state index contributed by atoms with van der Waals surface area (Å²) in [6, 6.07) is 13.1. The Hall–Kier alpha value is -2.49. The van der Waals surface area contributed by atoms with E-state index in [1.807, 2.05) is 30.3 Å². The fourth-order valence-electron chi connectivity index (χ4n) is 2.03. The Balaban J connectivity index is 2.72. The summed E-state index contributed by atoms with van der Waals surface area (Å²) in [7, 11) is 3.00. The van der Waals surface area contributed by atoms with E-state index in [0.717, 1.165) is 11.1 Å². The Kier molecular flexibility index (Phi) is 3.71. The van der Waals surface area contributed by atoms with Gasteiger partial charge in [0.1, 0.15) is 0 Å². The van der Waals surface area contributed by atoms with Crippen LogP contribution in [0.5, 0.6) is 11.5 Å². The van der Waals surface area contributed by atoms with Crippen LogP contribution in [0.25, 0.3) is 11.1 Å². The molecule has 2 aromatic carbocycles. The second-order valence-corrected chi connectivity index (χ2v) is 3.95. The number of hydrogen-bond donors (Lipinski definition) is 1. The van der Waals surface area contributed by atoms with Crippen LogP contribution in [0.1, 0.15) is 10.4 Å². The smallest absolute Gasteiger partial charge is 0.253 e. The Morgan fingerprint density at radius 2 is 1.68 bits per heavy atom. The average molecular weight is 257 g/mol. The first-order valence-electron chi connectivity index (χ1n) is 5.79. The summed E-state index contributed by atoms with van der Waals surface area (Å²) < 4.78 is 10.5. The van der Waals surface area contributed by atoms with Gasteiger partial charge >= 0.3 is 0 Å². The van der Waals surface area contributed by atoms with Gasteiger partial charge in [0, 0.05) is 0 Å². The zero-order valence-electron chi connectivity index (χ0n) is 10.8. The maximum atomic E-state index is 11.7. The second-order valence-electron chi connectivity index (χ2n) is 3.95. The maximum absolute atomic E-state index is 11.7. The van der Waals surface area contributed by atoms with Crippen molar-refractivity contribution in [1.29, 1.82) is 0 Å². The summed E-state index contributed by atoms with van der Waals surface area (Å²) in [5, 5.41) is 0. The molecule has 0 saturated heterocycles. The van der Waals surface area contributed by atoms with Gasteiger partial charge in [0.15, 0.2) is 11.5 Å². The molecule has 4 heteroatoms. The van der Waals surface area contributed by atoms with Crippen molar-refractivity contribution < 1.29 is 14.3 Å². The molecule has 0 aliphatic rings. The summed E-state index contributed by atoms with van der Waals surface area (Å²) in [6.45, 7) is 0. The zero-order valence-corrected chi connectivity index (χ0v) is 10.8. The Morgan fingerprint density at radius 3 is 2.21 bits per heavy atom. The molecule has 19 heavy (non-hydrogen) atoms. The normalized spacial score (nSPS) is 10.0. The van der Waals surface area contributed by atoms with E-state index in [0.29, 0.717) is 17.1 Å². The Bertz CT molecular complexity index is 594. The molecule has 2 rings (SSSR count). The van der Waals surface area contributed by atoms with E-state index in [1.54, 1.807) is 12.1 Å². The van der Waals surface area contributed by atoms with Gasteiger partial charge in [-0.2, -0.15) is 0 Å². The molecule has 0 aromatic heterocycles. The lowest BCUT2D eigenvalue weighted by Crippen LogP contribution is -2.14. The molecule has 0 bridgehead atoms. The molecule has 98 valence electrons. The van der Waals surface area contributed by atoms with Crippen molar-refractivity contribution in [3.8, 4) is 22.6 Å². The molecule has 0 saturated carbocycles. The third-order valence-corrected chi connectivity index (χ3v) is 2.88. The standard InChI is InChI=1S/C15H15NO3/c1-18-12-9-8-11(10-6-4-3-5-7-10)13(15(16)17)14(12)19-2/h3-9H,1-2H3,(H2,16,17). The van der Waals surface area contributed by atoms with E-state index in [9.17, 15) is 4.79 Å². The molecule has 0 spiro atoms. The second kappa shape index (κ2) is 5.44. The fourth-order valence-corrected chi connectivity index (χ4v) is 2.03. The highest BCUT2D eigenvalue weighted by Crippen LogP contribution is 2.37. The first kappa shape index (κ1) is 13.0. The molecule has 0 unspecified atom stereocenters. The molecule has 4 nitrogen and oxygen atoms in total. The molecular weight excluding hydrogens is 242 g/mol. The van der Waals surface area contributed by atoms with Gasteiger partial charge in [0.25, 0.3) is 5.91 Å². The molecule has 1 amide bonds. The van der Waals surface area contributed by atoms with Crippen LogP contribution in [-0.4, -0.2) is 20.1 Å². The van der Waals surface area contributed by atoms with Crippen LogP contribution >= 0.6 is 0 Å². The van der Waals surface area contributed by atoms with Crippen LogP contribution in [0.4, 0.5) is 0 Å². The SMILES string of the molecule is COc1ccc(-c2ccccc2)c(C(N)=O)c1OC. The summed E-state index contributed by atoms with van der Waals surface area (Å²) in [6.07, 6.45) is 0. The lowest BCUT2D eigenvalue weighted by Gasteiger charge is -2.15. The number of primary amides is 1. The van der Waals surface area contributed by atoms with Crippen LogP contribution in [0.2, 0.25) is 0 Å².